The number of nitrogens with one attached hydrogen (secondary N) is 1. The molecule has 1 amide bonds. The largest absolute Gasteiger partial charge is 0.378 e. The minimum Gasteiger partial charge on any atom is -0.378 e. The fourth-order valence-corrected chi connectivity index (χ4v) is 3.83. The number of aryl methyl sites for hydroxylation is 2. The Bertz CT molecular complexity index is 1320. The smallest absolute Gasteiger partial charge is 0.328 e. The van der Waals surface area contributed by atoms with Crippen molar-refractivity contribution in [3.8, 4) is 0 Å². The number of rotatable bonds is 5. The minimum atomic E-state index is -0.797. The Kier molecular flexibility index (Phi) is 5.55. The van der Waals surface area contributed by atoms with Crippen LogP contribution in [0.3, 0.4) is 0 Å². The van der Waals surface area contributed by atoms with Gasteiger partial charge < -0.3 is 15.0 Å². The summed E-state index contributed by atoms with van der Waals surface area (Å²) in [6, 6.07) is 6.18. The van der Waals surface area contributed by atoms with Crippen molar-refractivity contribution in [2.45, 2.75) is 0 Å². The molecule has 0 bridgehead atoms. The van der Waals surface area contributed by atoms with Crippen LogP contribution < -0.4 is 15.9 Å². The fraction of sp³-hybridized carbons (Fsp3) is 0.300. The van der Waals surface area contributed by atoms with E-state index in [0.29, 0.717) is 48.7 Å². The molecule has 13 nitrogen and oxygen atoms in total. The lowest BCUT2D eigenvalue weighted by Crippen LogP contribution is -2.36. The molecule has 0 atom stereocenters. The second kappa shape index (κ2) is 8.35. The van der Waals surface area contributed by atoms with Crippen LogP contribution in [0.2, 0.25) is 0 Å². The summed E-state index contributed by atoms with van der Waals surface area (Å²) in [5.41, 5.74) is 0.631. The average Bonchev–Trinajstić information content (AvgIpc) is 3.02. The first-order chi connectivity index (χ1) is 15.7. The first-order valence-electron chi connectivity index (χ1n) is 9.94. The van der Waals surface area contributed by atoms with E-state index in [1.807, 2.05) is 4.90 Å². The standard InChI is InChI=1S/C20H20N6O7/c1-22-17-10-15(16(24-3-5-33-6-4-24)11-18(17)23(2)20(22)28)21-19(27)12-7-13(25(29)30)9-14(8-12)26(31)32/h7-11H,3-6H2,1-2H3,(H,21,27). The van der Waals surface area contributed by atoms with Crippen LogP contribution in [-0.4, -0.2) is 51.2 Å². The number of non-ortho nitro benzene ring substituents is 2. The number of hydrogen-bond donors (Lipinski definition) is 1. The van der Waals surface area contributed by atoms with Crippen molar-refractivity contribution in [1.82, 2.24) is 9.13 Å². The monoisotopic (exact) mass is 456 g/mol. The second-order valence-corrected chi connectivity index (χ2v) is 7.56. The first-order valence-corrected chi connectivity index (χ1v) is 9.94. The van der Waals surface area contributed by atoms with E-state index in [-0.39, 0.29) is 11.3 Å². The predicted molar refractivity (Wildman–Crippen MR) is 119 cm³/mol. The van der Waals surface area contributed by atoms with E-state index < -0.39 is 27.1 Å². The van der Waals surface area contributed by atoms with Gasteiger partial charge in [0.25, 0.3) is 17.3 Å². The minimum absolute atomic E-state index is 0.231. The zero-order valence-corrected chi connectivity index (χ0v) is 17.8. The van der Waals surface area contributed by atoms with Gasteiger partial charge in [-0.05, 0) is 12.1 Å². The number of nitro benzene ring substituents is 2. The Morgan fingerprint density at radius 2 is 1.48 bits per heavy atom. The van der Waals surface area contributed by atoms with Gasteiger partial charge in [-0.3, -0.25) is 34.2 Å². The Labute approximate surface area is 186 Å². The number of carbonyl (C=O) groups excluding carboxylic acids is 1. The summed E-state index contributed by atoms with van der Waals surface area (Å²) >= 11 is 0. The van der Waals surface area contributed by atoms with E-state index in [9.17, 15) is 29.8 Å². The molecule has 1 aromatic heterocycles. The summed E-state index contributed by atoms with van der Waals surface area (Å²) in [4.78, 5) is 48.2. The molecule has 0 aliphatic carbocycles. The molecular weight excluding hydrogens is 436 g/mol. The quantitative estimate of drug-likeness (QED) is 0.450. The summed E-state index contributed by atoms with van der Waals surface area (Å²) in [7, 11) is 3.25. The molecule has 1 aliphatic rings. The number of carbonyl (C=O) groups is 1. The van der Waals surface area contributed by atoms with Crippen LogP contribution in [-0.2, 0) is 18.8 Å². The number of amides is 1. The Morgan fingerprint density at radius 1 is 0.939 bits per heavy atom. The van der Waals surface area contributed by atoms with Crippen LogP contribution in [0.1, 0.15) is 10.4 Å². The van der Waals surface area contributed by atoms with Crippen LogP contribution >= 0.6 is 0 Å². The van der Waals surface area contributed by atoms with E-state index >= 15 is 0 Å². The predicted octanol–water partition coefficient (Wildman–Crippen LogP) is 1.78. The number of ether oxygens (including phenoxy) is 1. The molecule has 33 heavy (non-hydrogen) atoms. The number of nitrogens with zero attached hydrogens (tertiary/aromatic N) is 5. The highest BCUT2D eigenvalue weighted by Crippen LogP contribution is 2.32. The van der Waals surface area contributed by atoms with E-state index in [0.717, 1.165) is 18.2 Å². The average molecular weight is 456 g/mol. The van der Waals surface area contributed by atoms with Crippen molar-refractivity contribution in [3.05, 3.63) is 66.6 Å². The van der Waals surface area contributed by atoms with Crippen LogP contribution in [0, 0.1) is 20.2 Å². The highest BCUT2D eigenvalue weighted by Gasteiger charge is 2.23. The van der Waals surface area contributed by atoms with Gasteiger partial charge in [-0.2, -0.15) is 0 Å². The molecule has 1 saturated heterocycles. The van der Waals surface area contributed by atoms with Crippen molar-refractivity contribution >= 4 is 39.7 Å². The van der Waals surface area contributed by atoms with E-state index in [4.69, 9.17) is 4.74 Å². The fourth-order valence-electron chi connectivity index (χ4n) is 3.83. The number of morpholine rings is 1. The third-order valence-electron chi connectivity index (χ3n) is 5.58. The lowest BCUT2D eigenvalue weighted by atomic mass is 10.1. The van der Waals surface area contributed by atoms with Crippen molar-refractivity contribution < 1.29 is 19.4 Å². The van der Waals surface area contributed by atoms with Gasteiger partial charge in [-0.15, -0.1) is 0 Å². The first kappa shape index (κ1) is 22.0. The number of nitro groups is 2. The van der Waals surface area contributed by atoms with Gasteiger partial charge in [0.05, 0.1) is 57.1 Å². The Balaban J connectivity index is 1.81. The molecule has 2 aromatic carbocycles. The van der Waals surface area contributed by atoms with E-state index in [1.165, 1.54) is 9.13 Å². The molecule has 2 heterocycles. The molecule has 172 valence electrons. The summed E-state index contributed by atoms with van der Waals surface area (Å²) in [6.45, 7) is 2.07. The van der Waals surface area contributed by atoms with Gasteiger partial charge >= 0.3 is 5.69 Å². The second-order valence-electron chi connectivity index (χ2n) is 7.56. The highest BCUT2D eigenvalue weighted by molar-refractivity contribution is 6.08. The Hall–Kier alpha value is -4.26. The van der Waals surface area contributed by atoms with Crippen LogP contribution in [0.25, 0.3) is 11.0 Å². The lowest BCUT2D eigenvalue weighted by Gasteiger charge is -2.30. The van der Waals surface area contributed by atoms with Crippen molar-refractivity contribution in [2.24, 2.45) is 14.1 Å². The van der Waals surface area contributed by atoms with Gasteiger partial charge in [-0.1, -0.05) is 0 Å². The molecule has 0 spiro atoms. The van der Waals surface area contributed by atoms with E-state index in [2.05, 4.69) is 5.32 Å². The van der Waals surface area contributed by atoms with Crippen LogP contribution in [0.15, 0.2) is 35.1 Å². The third-order valence-corrected chi connectivity index (χ3v) is 5.58. The third kappa shape index (κ3) is 4.01. The number of fused-ring (bicyclic) bond motifs is 1. The molecule has 4 rings (SSSR count). The maximum Gasteiger partial charge on any atom is 0.328 e. The maximum atomic E-state index is 13.0. The molecule has 1 aliphatic heterocycles. The number of hydrogen-bond acceptors (Lipinski definition) is 8. The summed E-state index contributed by atoms with van der Waals surface area (Å²) in [6.07, 6.45) is 0. The molecule has 0 unspecified atom stereocenters. The molecule has 1 N–H and O–H groups in total. The van der Waals surface area contributed by atoms with Gasteiger partial charge in [0, 0.05) is 39.3 Å². The number of imidazole rings is 1. The van der Waals surface area contributed by atoms with Gasteiger partial charge in [-0.25, -0.2) is 4.79 Å². The molecule has 3 aromatic rings. The Morgan fingerprint density at radius 3 is 2.03 bits per heavy atom. The normalized spacial score (nSPS) is 13.8. The zero-order chi connectivity index (χ0) is 23.9. The lowest BCUT2D eigenvalue weighted by molar-refractivity contribution is -0.394. The molecule has 1 fully saturated rings. The SMILES string of the molecule is Cn1c(=O)n(C)c2cc(N3CCOCC3)c(NC(=O)c3cc([N+](=O)[O-])cc([N+](=O)[O-])c3)cc21. The van der Waals surface area contributed by atoms with Gasteiger partial charge in [0.1, 0.15) is 0 Å². The number of benzene rings is 2. The highest BCUT2D eigenvalue weighted by atomic mass is 16.6. The van der Waals surface area contributed by atoms with Crippen molar-refractivity contribution in [3.63, 3.8) is 0 Å². The van der Waals surface area contributed by atoms with Crippen LogP contribution in [0.5, 0.6) is 0 Å². The maximum absolute atomic E-state index is 13.0. The van der Waals surface area contributed by atoms with Crippen molar-refractivity contribution in [1.29, 1.82) is 0 Å². The molecule has 13 heteroatoms. The van der Waals surface area contributed by atoms with Gasteiger partial charge in [0.2, 0.25) is 0 Å². The number of anilines is 2. The number of aromatic nitrogens is 2. The topological polar surface area (TPSA) is 155 Å². The molecule has 0 radical (unpaired) electrons. The van der Waals surface area contributed by atoms with Crippen LogP contribution in [0.4, 0.5) is 22.7 Å². The van der Waals surface area contributed by atoms with Gasteiger partial charge in [0.15, 0.2) is 0 Å². The molecule has 0 saturated carbocycles. The summed E-state index contributed by atoms with van der Waals surface area (Å²) < 4.78 is 8.33. The van der Waals surface area contributed by atoms with E-state index in [1.54, 1.807) is 26.2 Å². The summed E-state index contributed by atoms with van der Waals surface area (Å²) in [5.74, 6) is -0.753. The zero-order valence-electron chi connectivity index (χ0n) is 17.8. The van der Waals surface area contributed by atoms with Crippen molar-refractivity contribution in [2.75, 3.05) is 36.5 Å². The molecular formula is C20H20N6O7. The summed E-state index contributed by atoms with van der Waals surface area (Å²) in [5, 5.41) is 25.1.